The fourth-order valence-electron chi connectivity index (χ4n) is 0.475. The van der Waals surface area contributed by atoms with Gasteiger partial charge in [0.25, 0.3) is 0 Å². The van der Waals surface area contributed by atoms with Gasteiger partial charge >= 0.3 is 0 Å². The number of allylic oxidation sites excluding steroid dienone is 1. The highest BCUT2D eigenvalue weighted by atomic mass is 14.8. The van der Waals surface area contributed by atoms with Crippen molar-refractivity contribution >= 4 is 6.21 Å². The molecule has 0 fully saturated rings. The average molecular weight is 152 g/mol. The molecule has 0 spiro atoms. The standard InChI is InChI=1S/C9H16N2/c1-4-9(3)11-8-6-7-10-5-2/h4,6-10H,1,5H2,2-3H3/b7-6+,11-8-. The summed E-state index contributed by atoms with van der Waals surface area (Å²) in [5, 5.41) is 3.04. The Kier molecular flexibility index (Phi) is 6.39. The number of nitrogens with zero attached hydrogens (tertiary/aromatic N) is 1. The average Bonchev–Trinajstić information content (AvgIpc) is 2.04. The van der Waals surface area contributed by atoms with Crippen molar-refractivity contribution in [3.05, 3.63) is 24.9 Å². The first-order chi connectivity index (χ1) is 5.31. The Balaban J connectivity index is 3.50. The molecule has 0 aliphatic carbocycles. The summed E-state index contributed by atoms with van der Waals surface area (Å²) in [6.45, 7) is 8.61. The number of hydrogen-bond acceptors (Lipinski definition) is 2. The van der Waals surface area contributed by atoms with Crippen LogP contribution >= 0.6 is 0 Å². The second-order valence-corrected chi connectivity index (χ2v) is 2.19. The number of rotatable bonds is 5. The molecule has 0 aromatic heterocycles. The summed E-state index contributed by atoms with van der Waals surface area (Å²) in [6.07, 6.45) is 7.33. The second-order valence-electron chi connectivity index (χ2n) is 2.19. The summed E-state index contributed by atoms with van der Waals surface area (Å²) in [4.78, 5) is 4.14. The minimum atomic E-state index is 0.210. The molecule has 0 amide bonds. The summed E-state index contributed by atoms with van der Waals surface area (Å²) in [5.74, 6) is 0. The van der Waals surface area contributed by atoms with Crippen LogP contribution in [0.5, 0.6) is 0 Å². The van der Waals surface area contributed by atoms with Crippen LogP contribution in [0.3, 0.4) is 0 Å². The van der Waals surface area contributed by atoms with Crippen LogP contribution in [0.4, 0.5) is 0 Å². The molecule has 0 saturated heterocycles. The van der Waals surface area contributed by atoms with Gasteiger partial charge in [-0.25, -0.2) is 0 Å². The zero-order chi connectivity index (χ0) is 8.53. The minimum absolute atomic E-state index is 0.210. The van der Waals surface area contributed by atoms with Crippen molar-refractivity contribution in [3.63, 3.8) is 0 Å². The van der Waals surface area contributed by atoms with Crippen molar-refractivity contribution in [3.8, 4) is 0 Å². The molecular weight excluding hydrogens is 136 g/mol. The summed E-state index contributed by atoms with van der Waals surface area (Å²) < 4.78 is 0. The van der Waals surface area contributed by atoms with Crippen LogP contribution in [0.2, 0.25) is 0 Å². The van der Waals surface area contributed by atoms with Crippen LogP contribution in [0.15, 0.2) is 29.9 Å². The SMILES string of the molecule is C=CC(C)/N=C\C=C\NCC. The second kappa shape index (κ2) is 7.06. The molecule has 62 valence electrons. The van der Waals surface area contributed by atoms with Gasteiger partial charge in [-0.2, -0.15) is 0 Å². The van der Waals surface area contributed by atoms with Crippen LogP contribution in [0.1, 0.15) is 13.8 Å². The lowest BCUT2D eigenvalue weighted by Gasteiger charge is -1.93. The third kappa shape index (κ3) is 6.84. The highest BCUT2D eigenvalue weighted by molar-refractivity contribution is 5.71. The normalized spacial score (nSPS) is 14.0. The Bertz CT molecular complexity index is 148. The molecule has 0 saturated carbocycles. The van der Waals surface area contributed by atoms with E-state index in [0.29, 0.717) is 0 Å². The van der Waals surface area contributed by atoms with E-state index in [1.807, 2.05) is 26.1 Å². The zero-order valence-corrected chi connectivity index (χ0v) is 7.25. The first-order valence-electron chi connectivity index (χ1n) is 3.85. The molecule has 0 heterocycles. The van der Waals surface area contributed by atoms with E-state index in [2.05, 4.69) is 16.9 Å². The Morgan fingerprint density at radius 1 is 1.64 bits per heavy atom. The fraction of sp³-hybridized carbons (Fsp3) is 0.444. The van der Waals surface area contributed by atoms with Gasteiger partial charge in [-0.05, 0) is 26.1 Å². The quantitative estimate of drug-likeness (QED) is 0.471. The maximum absolute atomic E-state index is 4.14. The minimum Gasteiger partial charge on any atom is -0.391 e. The molecule has 0 aliphatic heterocycles. The molecule has 0 radical (unpaired) electrons. The van der Waals surface area contributed by atoms with Crippen molar-refractivity contribution < 1.29 is 0 Å². The van der Waals surface area contributed by atoms with E-state index in [1.165, 1.54) is 0 Å². The zero-order valence-electron chi connectivity index (χ0n) is 7.25. The Morgan fingerprint density at radius 3 is 2.91 bits per heavy atom. The number of hydrogen-bond donors (Lipinski definition) is 1. The van der Waals surface area contributed by atoms with Gasteiger partial charge < -0.3 is 5.32 Å². The lowest BCUT2D eigenvalue weighted by Crippen LogP contribution is -2.01. The van der Waals surface area contributed by atoms with E-state index in [9.17, 15) is 0 Å². The van der Waals surface area contributed by atoms with E-state index in [0.717, 1.165) is 6.54 Å². The van der Waals surface area contributed by atoms with Crippen molar-refractivity contribution in [2.45, 2.75) is 19.9 Å². The van der Waals surface area contributed by atoms with Crippen LogP contribution in [0.25, 0.3) is 0 Å². The van der Waals surface area contributed by atoms with E-state index in [4.69, 9.17) is 0 Å². The predicted molar refractivity (Wildman–Crippen MR) is 51.0 cm³/mol. The molecule has 0 rings (SSSR count). The molecule has 2 heteroatoms. The van der Waals surface area contributed by atoms with Gasteiger partial charge in [0, 0.05) is 12.8 Å². The molecular formula is C9H16N2. The topological polar surface area (TPSA) is 24.4 Å². The van der Waals surface area contributed by atoms with Gasteiger partial charge in [-0.15, -0.1) is 6.58 Å². The van der Waals surface area contributed by atoms with E-state index >= 15 is 0 Å². The van der Waals surface area contributed by atoms with Gasteiger partial charge in [0.05, 0.1) is 6.04 Å². The van der Waals surface area contributed by atoms with E-state index in [-0.39, 0.29) is 6.04 Å². The van der Waals surface area contributed by atoms with Gasteiger partial charge in [0.1, 0.15) is 0 Å². The maximum Gasteiger partial charge on any atom is 0.0649 e. The molecule has 11 heavy (non-hydrogen) atoms. The third-order valence-electron chi connectivity index (χ3n) is 1.17. The monoisotopic (exact) mass is 152 g/mol. The molecule has 1 unspecified atom stereocenters. The van der Waals surface area contributed by atoms with Gasteiger partial charge in [0.2, 0.25) is 0 Å². The van der Waals surface area contributed by atoms with Crippen LogP contribution in [0, 0.1) is 0 Å². The Hall–Kier alpha value is -1.05. The first kappa shape index (κ1) is 9.95. The van der Waals surface area contributed by atoms with Crippen molar-refractivity contribution in [2.24, 2.45) is 4.99 Å². The molecule has 0 aliphatic rings. The van der Waals surface area contributed by atoms with Crippen LogP contribution < -0.4 is 5.32 Å². The first-order valence-corrected chi connectivity index (χ1v) is 3.85. The molecule has 1 N–H and O–H groups in total. The van der Waals surface area contributed by atoms with E-state index < -0.39 is 0 Å². The van der Waals surface area contributed by atoms with Gasteiger partial charge in [0.15, 0.2) is 0 Å². The maximum atomic E-state index is 4.14. The molecule has 0 aromatic carbocycles. The van der Waals surface area contributed by atoms with Crippen LogP contribution in [-0.2, 0) is 0 Å². The smallest absolute Gasteiger partial charge is 0.0649 e. The molecule has 0 aromatic rings. The van der Waals surface area contributed by atoms with Crippen molar-refractivity contribution in [1.29, 1.82) is 0 Å². The van der Waals surface area contributed by atoms with Crippen molar-refractivity contribution in [2.75, 3.05) is 6.54 Å². The van der Waals surface area contributed by atoms with E-state index in [1.54, 1.807) is 12.3 Å². The summed E-state index contributed by atoms with van der Waals surface area (Å²) in [6, 6.07) is 0.210. The van der Waals surface area contributed by atoms with Crippen molar-refractivity contribution in [1.82, 2.24) is 5.32 Å². The Morgan fingerprint density at radius 2 is 2.36 bits per heavy atom. The highest BCUT2D eigenvalue weighted by Crippen LogP contribution is 1.86. The molecule has 1 atom stereocenters. The highest BCUT2D eigenvalue weighted by Gasteiger charge is 1.83. The summed E-state index contributed by atoms with van der Waals surface area (Å²) in [5.41, 5.74) is 0. The van der Waals surface area contributed by atoms with Gasteiger partial charge in [-0.3, -0.25) is 4.99 Å². The Labute approximate surface area is 68.7 Å². The fourth-order valence-corrected chi connectivity index (χ4v) is 0.475. The summed E-state index contributed by atoms with van der Waals surface area (Å²) in [7, 11) is 0. The summed E-state index contributed by atoms with van der Waals surface area (Å²) >= 11 is 0. The molecule has 0 bridgehead atoms. The van der Waals surface area contributed by atoms with Gasteiger partial charge in [-0.1, -0.05) is 6.08 Å². The van der Waals surface area contributed by atoms with Crippen LogP contribution in [-0.4, -0.2) is 18.8 Å². The predicted octanol–water partition coefficient (Wildman–Crippen LogP) is 1.75. The molecule has 2 nitrogen and oxygen atoms in total. The third-order valence-corrected chi connectivity index (χ3v) is 1.17. The largest absolute Gasteiger partial charge is 0.391 e. The lowest BCUT2D eigenvalue weighted by molar-refractivity contribution is 0.918. The number of aliphatic imine (C=N–C) groups is 1. The lowest BCUT2D eigenvalue weighted by atomic mass is 10.4. The number of nitrogens with one attached hydrogen (secondary N) is 1.